The molecular formula is C14H11ClN2O. The van der Waals surface area contributed by atoms with Crippen LogP contribution in [0.25, 0.3) is 16.6 Å². The molecule has 0 atom stereocenters. The van der Waals surface area contributed by atoms with Crippen LogP contribution in [-0.4, -0.2) is 14.9 Å². The molecule has 3 aromatic rings. The van der Waals surface area contributed by atoms with Crippen LogP contribution in [-0.2, 0) is 6.61 Å². The Morgan fingerprint density at radius 1 is 1.17 bits per heavy atom. The van der Waals surface area contributed by atoms with Crippen LogP contribution in [0.15, 0.2) is 48.7 Å². The van der Waals surface area contributed by atoms with E-state index >= 15 is 0 Å². The van der Waals surface area contributed by atoms with Crippen molar-refractivity contribution in [3.05, 3.63) is 59.2 Å². The van der Waals surface area contributed by atoms with Gasteiger partial charge in [0.2, 0.25) is 0 Å². The lowest BCUT2D eigenvalue weighted by Crippen LogP contribution is -1.97. The molecule has 2 aromatic carbocycles. The fraction of sp³-hybridized carbons (Fsp3) is 0.0714. The van der Waals surface area contributed by atoms with Crippen LogP contribution in [0.5, 0.6) is 0 Å². The molecule has 0 aliphatic carbocycles. The van der Waals surface area contributed by atoms with E-state index in [0.29, 0.717) is 5.02 Å². The Morgan fingerprint density at radius 3 is 2.78 bits per heavy atom. The molecule has 0 saturated carbocycles. The number of benzene rings is 2. The number of fused-ring (bicyclic) bond motifs is 1. The Morgan fingerprint density at radius 2 is 2.00 bits per heavy atom. The Bertz CT molecular complexity index is 706. The molecule has 3 nitrogen and oxygen atoms in total. The highest BCUT2D eigenvalue weighted by atomic mass is 35.5. The van der Waals surface area contributed by atoms with Crippen LogP contribution in [0.3, 0.4) is 0 Å². The molecule has 90 valence electrons. The van der Waals surface area contributed by atoms with Gasteiger partial charge in [0.05, 0.1) is 29.0 Å². The van der Waals surface area contributed by atoms with Crippen LogP contribution >= 0.6 is 11.6 Å². The average molecular weight is 259 g/mol. The molecule has 0 amide bonds. The highest BCUT2D eigenvalue weighted by Gasteiger charge is 2.08. The summed E-state index contributed by atoms with van der Waals surface area (Å²) in [4.78, 5) is 0. The number of hydrogen-bond acceptors (Lipinski definition) is 2. The maximum absolute atomic E-state index is 9.07. The first kappa shape index (κ1) is 11.3. The van der Waals surface area contributed by atoms with Crippen molar-refractivity contribution in [3.8, 4) is 5.69 Å². The zero-order valence-corrected chi connectivity index (χ0v) is 10.3. The van der Waals surface area contributed by atoms with E-state index in [0.717, 1.165) is 22.2 Å². The van der Waals surface area contributed by atoms with E-state index in [9.17, 15) is 0 Å². The molecule has 0 radical (unpaired) electrons. The molecule has 0 bridgehead atoms. The third-order valence-electron chi connectivity index (χ3n) is 2.90. The van der Waals surface area contributed by atoms with Crippen molar-refractivity contribution < 1.29 is 5.11 Å². The molecule has 1 heterocycles. The van der Waals surface area contributed by atoms with Crippen molar-refractivity contribution in [1.82, 2.24) is 9.78 Å². The van der Waals surface area contributed by atoms with Gasteiger partial charge >= 0.3 is 0 Å². The minimum Gasteiger partial charge on any atom is -0.392 e. The van der Waals surface area contributed by atoms with Crippen molar-refractivity contribution in [2.24, 2.45) is 0 Å². The summed E-state index contributed by atoms with van der Waals surface area (Å²) in [6.07, 6.45) is 1.81. The fourth-order valence-electron chi connectivity index (χ4n) is 1.98. The first-order chi connectivity index (χ1) is 8.79. The summed E-state index contributed by atoms with van der Waals surface area (Å²) in [7, 11) is 0. The number of hydrogen-bond donors (Lipinski definition) is 1. The number of halogens is 1. The van der Waals surface area contributed by atoms with E-state index in [4.69, 9.17) is 16.7 Å². The van der Waals surface area contributed by atoms with E-state index in [1.165, 1.54) is 0 Å². The minimum atomic E-state index is -0.0140. The lowest BCUT2D eigenvalue weighted by atomic mass is 10.2. The molecule has 4 heteroatoms. The summed E-state index contributed by atoms with van der Waals surface area (Å²) < 4.78 is 1.80. The van der Waals surface area contributed by atoms with Crippen molar-refractivity contribution in [2.45, 2.75) is 6.61 Å². The second-order valence-electron chi connectivity index (χ2n) is 4.06. The number of rotatable bonds is 2. The molecular weight excluding hydrogens is 248 g/mol. The molecule has 18 heavy (non-hydrogen) atoms. The van der Waals surface area contributed by atoms with Gasteiger partial charge in [0.1, 0.15) is 0 Å². The number of aromatic nitrogens is 2. The summed E-state index contributed by atoms with van der Waals surface area (Å²) in [6.45, 7) is -0.0140. The van der Waals surface area contributed by atoms with Crippen LogP contribution < -0.4 is 0 Å². The normalized spacial score (nSPS) is 11.0. The van der Waals surface area contributed by atoms with Crippen molar-refractivity contribution in [2.75, 3.05) is 0 Å². The van der Waals surface area contributed by atoms with Gasteiger partial charge in [0.25, 0.3) is 0 Å². The summed E-state index contributed by atoms with van der Waals surface area (Å²) in [5.74, 6) is 0. The molecule has 0 aliphatic rings. The zero-order valence-electron chi connectivity index (χ0n) is 9.55. The first-order valence-electron chi connectivity index (χ1n) is 5.62. The van der Waals surface area contributed by atoms with E-state index in [1.54, 1.807) is 10.7 Å². The smallest absolute Gasteiger partial charge is 0.0839 e. The van der Waals surface area contributed by atoms with Crippen molar-refractivity contribution >= 4 is 22.5 Å². The molecule has 1 aromatic heterocycles. The standard InChI is InChI=1S/C14H11ClN2O/c15-12-7-10(9-18)5-6-14(12)17-13-4-2-1-3-11(13)8-16-17/h1-8,18H,9H2. The second-order valence-corrected chi connectivity index (χ2v) is 4.47. The minimum absolute atomic E-state index is 0.0140. The average Bonchev–Trinajstić information content (AvgIpc) is 2.82. The Kier molecular flexibility index (Phi) is 2.78. The quantitative estimate of drug-likeness (QED) is 0.767. The SMILES string of the molecule is OCc1ccc(-n2ncc3ccccc32)c(Cl)c1. The number of nitrogens with zero attached hydrogens (tertiary/aromatic N) is 2. The van der Waals surface area contributed by atoms with Gasteiger partial charge in [-0.15, -0.1) is 0 Å². The monoisotopic (exact) mass is 258 g/mol. The van der Waals surface area contributed by atoms with Gasteiger partial charge in [-0.05, 0) is 23.8 Å². The van der Waals surface area contributed by atoms with Gasteiger partial charge in [0, 0.05) is 5.39 Å². The lowest BCUT2D eigenvalue weighted by molar-refractivity contribution is 0.282. The van der Waals surface area contributed by atoms with Gasteiger partial charge in [-0.1, -0.05) is 35.9 Å². The highest BCUT2D eigenvalue weighted by Crippen LogP contribution is 2.25. The van der Waals surface area contributed by atoms with Gasteiger partial charge in [0.15, 0.2) is 0 Å². The molecule has 0 fully saturated rings. The third-order valence-corrected chi connectivity index (χ3v) is 3.20. The highest BCUT2D eigenvalue weighted by molar-refractivity contribution is 6.32. The third kappa shape index (κ3) is 1.78. The second kappa shape index (κ2) is 4.44. The fourth-order valence-corrected chi connectivity index (χ4v) is 2.27. The van der Waals surface area contributed by atoms with Crippen LogP contribution in [0.4, 0.5) is 0 Å². The molecule has 0 aliphatic heterocycles. The number of para-hydroxylation sites is 1. The van der Waals surface area contributed by atoms with E-state index in [2.05, 4.69) is 5.10 Å². The zero-order chi connectivity index (χ0) is 12.5. The Hall–Kier alpha value is -1.84. The van der Waals surface area contributed by atoms with Crippen LogP contribution in [0.1, 0.15) is 5.56 Å². The van der Waals surface area contributed by atoms with Gasteiger partial charge in [-0.2, -0.15) is 5.10 Å². The molecule has 0 spiro atoms. The molecule has 0 unspecified atom stereocenters. The maximum atomic E-state index is 9.07. The van der Waals surface area contributed by atoms with Crippen LogP contribution in [0, 0.1) is 0 Å². The van der Waals surface area contributed by atoms with Gasteiger partial charge in [-0.25, -0.2) is 4.68 Å². The van der Waals surface area contributed by atoms with Gasteiger partial charge in [-0.3, -0.25) is 0 Å². The molecule has 0 saturated heterocycles. The predicted octanol–water partition coefficient (Wildman–Crippen LogP) is 3.17. The van der Waals surface area contributed by atoms with Gasteiger partial charge < -0.3 is 5.11 Å². The number of aliphatic hydroxyl groups excluding tert-OH is 1. The summed E-state index contributed by atoms with van der Waals surface area (Å²) in [6, 6.07) is 13.4. The first-order valence-corrected chi connectivity index (χ1v) is 6.00. The predicted molar refractivity (Wildman–Crippen MR) is 72.0 cm³/mol. The summed E-state index contributed by atoms with van der Waals surface area (Å²) in [5.41, 5.74) is 2.62. The topological polar surface area (TPSA) is 38.0 Å². The Labute approximate surface area is 109 Å². The summed E-state index contributed by atoms with van der Waals surface area (Å²) >= 11 is 6.23. The number of aliphatic hydroxyl groups is 1. The lowest BCUT2D eigenvalue weighted by Gasteiger charge is -2.07. The molecule has 3 rings (SSSR count). The summed E-state index contributed by atoms with van der Waals surface area (Å²) in [5, 5.41) is 15.1. The van der Waals surface area contributed by atoms with E-state index in [-0.39, 0.29) is 6.61 Å². The van der Waals surface area contributed by atoms with E-state index < -0.39 is 0 Å². The van der Waals surface area contributed by atoms with Crippen LogP contribution in [0.2, 0.25) is 5.02 Å². The van der Waals surface area contributed by atoms with Crippen molar-refractivity contribution in [3.63, 3.8) is 0 Å². The largest absolute Gasteiger partial charge is 0.392 e. The van der Waals surface area contributed by atoms with E-state index in [1.807, 2.05) is 42.6 Å². The maximum Gasteiger partial charge on any atom is 0.0839 e. The Balaban J connectivity index is 2.20. The van der Waals surface area contributed by atoms with Crippen molar-refractivity contribution in [1.29, 1.82) is 0 Å². The molecule has 1 N–H and O–H groups in total.